The normalized spacial score (nSPS) is 10.2. The van der Waals surface area contributed by atoms with Crippen LogP contribution in [0.4, 0.5) is 5.69 Å². The monoisotopic (exact) mass is 290 g/mol. The smallest absolute Gasteiger partial charge is 0.260 e. The van der Waals surface area contributed by atoms with Crippen LogP contribution in [0.15, 0.2) is 41.8 Å². The molecule has 4 nitrogen and oxygen atoms in total. The largest absolute Gasteiger partial charge is 0.484 e. The Morgan fingerprint density at radius 3 is 2.90 bits per heavy atom. The van der Waals surface area contributed by atoms with Gasteiger partial charge in [-0.1, -0.05) is 12.1 Å². The van der Waals surface area contributed by atoms with Crippen molar-refractivity contribution < 1.29 is 9.53 Å². The van der Waals surface area contributed by atoms with Gasteiger partial charge in [-0.15, -0.1) is 11.3 Å². The zero-order valence-corrected chi connectivity index (χ0v) is 12.2. The molecule has 20 heavy (non-hydrogen) atoms. The number of rotatable bonds is 6. The number of ether oxygens (including phenoxy) is 1. The number of benzene rings is 1. The second-order valence-corrected chi connectivity index (χ2v) is 5.54. The Balaban J connectivity index is 1.76. The number of hydrogen-bond donors (Lipinski definition) is 1. The molecule has 0 bridgehead atoms. The maximum Gasteiger partial charge on any atom is 0.260 e. The zero-order valence-electron chi connectivity index (χ0n) is 11.4. The number of thiophene rings is 1. The zero-order chi connectivity index (χ0) is 14.4. The molecular formula is C15H18N2O2S. The number of carbonyl (C=O) groups excluding carboxylic acids is 1. The average molecular weight is 290 g/mol. The van der Waals surface area contributed by atoms with Crippen molar-refractivity contribution >= 4 is 22.9 Å². The molecule has 0 saturated carbocycles. The lowest BCUT2D eigenvalue weighted by Crippen LogP contribution is -2.32. The third kappa shape index (κ3) is 4.28. The molecule has 0 unspecified atom stereocenters. The first-order valence-electron chi connectivity index (χ1n) is 6.40. The predicted octanol–water partition coefficient (Wildman–Crippen LogP) is 2.41. The van der Waals surface area contributed by atoms with Crippen LogP contribution < -0.4 is 10.5 Å². The lowest BCUT2D eigenvalue weighted by Gasteiger charge is -2.17. The predicted molar refractivity (Wildman–Crippen MR) is 82.0 cm³/mol. The van der Waals surface area contributed by atoms with Crippen molar-refractivity contribution in [3.05, 3.63) is 46.7 Å². The summed E-state index contributed by atoms with van der Waals surface area (Å²) in [5, 5.41) is 2.04. The third-order valence-electron chi connectivity index (χ3n) is 2.92. The Bertz CT molecular complexity index is 555. The highest BCUT2D eigenvalue weighted by molar-refractivity contribution is 7.09. The number of amides is 1. The first-order chi connectivity index (χ1) is 9.65. The highest BCUT2D eigenvalue weighted by atomic mass is 32.1. The van der Waals surface area contributed by atoms with Crippen LogP contribution in [-0.4, -0.2) is 31.0 Å². The van der Waals surface area contributed by atoms with Crippen molar-refractivity contribution in [2.24, 2.45) is 0 Å². The quantitative estimate of drug-likeness (QED) is 0.831. The van der Waals surface area contributed by atoms with Crippen LogP contribution in [0, 0.1) is 0 Å². The molecular weight excluding hydrogens is 272 g/mol. The lowest BCUT2D eigenvalue weighted by atomic mass is 10.3. The van der Waals surface area contributed by atoms with E-state index < -0.39 is 0 Å². The standard InChI is InChI=1S/C15H18N2O2S/c1-17(8-7-14-6-3-9-20-14)15(18)11-19-13-5-2-4-12(16)10-13/h2-6,9-10H,7-8,11,16H2,1H3. The number of likely N-dealkylation sites (N-methyl/N-ethyl adjacent to an activating group) is 1. The Morgan fingerprint density at radius 2 is 2.20 bits per heavy atom. The van der Waals surface area contributed by atoms with Gasteiger partial charge in [0.15, 0.2) is 6.61 Å². The lowest BCUT2D eigenvalue weighted by molar-refractivity contribution is -0.132. The molecule has 1 amide bonds. The Kier molecular flexibility index (Phi) is 5.01. The highest BCUT2D eigenvalue weighted by Gasteiger charge is 2.10. The first-order valence-corrected chi connectivity index (χ1v) is 7.28. The minimum absolute atomic E-state index is 0.0321. The van der Waals surface area contributed by atoms with E-state index in [1.807, 2.05) is 11.4 Å². The van der Waals surface area contributed by atoms with Crippen molar-refractivity contribution in [1.29, 1.82) is 0 Å². The molecule has 0 radical (unpaired) electrons. The van der Waals surface area contributed by atoms with Crippen LogP contribution in [0.25, 0.3) is 0 Å². The molecule has 1 heterocycles. The Morgan fingerprint density at radius 1 is 1.35 bits per heavy atom. The van der Waals surface area contributed by atoms with E-state index >= 15 is 0 Å². The van der Waals surface area contributed by atoms with Gasteiger partial charge in [0.25, 0.3) is 5.91 Å². The van der Waals surface area contributed by atoms with Crippen molar-refractivity contribution in [2.45, 2.75) is 6.42 Å². The van der Waals surface area contributed by atoms with E-state index in [2.05, 4.69) is 6.07 Å². The molecule has 5 heteroatoms. The Hall–Kier alpha value is -2.01. The van der Waals surface area contributed by atoms with Gasteiger partial charge in [-0.25, -0.2) is 0 Å². The van der Waals surface area contributed by atoms with E-state index in [4.69, 9.17) is 10.5 Å². The minimum Gasteiger partial charge on any atom is -0.484 e. The van der Waals surface area contributed by atoms with Gasteiger partial charge < -0.3 is 15.4 Å². The van der Waals surface area contributed by atoms with Crippen LogP contribution in [0.3, 0.4) is 0 Å². The van der Waals surface area contributed by atoms with Crippen molar-refractivity contribution in [3.63, 3.8) is 0 Å². The molecule has 0 spiro atoms. The summed E-state index contributed by atoms with van der Waals surface area (Å²) in [5.41, 5.74) is 6.28. The molecule has 0 aliphatic rings. The average Bonchev–Trinajstić information content (AvgIpc) is 2.95. The number of nitrogens with zero attached hydrogens (tertiary/aromatic N) is 1. The number of nitrogens with two attached hydrogens (primary N) is 1. The number of anilines is 1. The molecule has 2 N–H and O–H groups in total. The molecule has 0 fully saturated rings. The maximum atomic E-state index is 11.9. The Labute approximate surface area is 122 Å². The van der Waals surface area contributed by atoms with Gasteiger partial charge in [-0.2, -0.15) is 0 Å². The fraction of sp³-hybridized carbons (Fsp3) is 0.267. The number of carbonyl (C=O) groups is 1. The summed E-state index contributed by atoms with van der Waals surface area (Å²) >= 11 is 1.71. The molecule has 0 aliphatic heterocycles. The molecule has 1 aromatic carbocycles. The fourth-order valence-electron chi connectivity index (χ4n) is 1.72. The summed E-state index contributed by atoms with van der Waals surface area (Å²) in [6.07, 6.45) is 0.873. The third-order valence-corrected chi connectivity index (χ3v) is 3.86. The van der Waals surface area contributed by atoms with Crippen LogP contribution >= 0.6 is 11.3 Å². The van der Waals surface area contributed by atoms with Crippen LogP contribution in [0.1, 0.15) is 4.88 Å². The fourth-order valence-corrected chi connectivity index (χ4v) is 2.42. The molecule has 1 aromatic heterocycles. The van der Waals surface area contributed by atoms with E-state index in [-0.39, 0.29) is 12.5 Å². The maximum absolute atomic E-state index is 11.9. The van der Waals surface area contributed by atoms with Gasteiger partial charge in [0.2, 0.25) is 0 Å². The van der Waals surface area contributed by atoms with E-state index in [1.165, 1.54) is 4.88 Å². The highest BCUT2D eigenvalue weighted by Crippen LogP contribution is 2.14. The number of nitrogen functional groups attached to an aromatic ring is 1. The molecule has 0 atom stereocenters. The van der Waals surface area contributed by atoms with Crippen LogP contribution in [-0.2, 0) is 11.2 Å². The molecule has 2 rings (SSSR count). The molecule has 0 saturated heterocycles. The molecule has 0 aliphatic carbocycles. The van der Waals surface area contributed by atoms with Crippen molar-refractivity contribution in [2.75, 3.05) is 25.9 Å². The van der Waals surface area contributed by atoms with Gasteiger partial charge in [0.05, 0.1) is 0 Å². The van der Waals surface area contributed by atoms with Crippen molar-refractivity contribution in [3.8, 4) is 5.75 Å². The molecule has 2 aromatic rings. The van der Waals surface area contributed by atoms with Gasteiger partial charge in [0, 0.05) is 30.2 Å². The van der Waals surface area contributed by atoms with E-state index in [0.717, 1.165) is 6.42 Å². The van der Waals surface area contributed by atoms with Crippen LogP contribution in [0.5, 0.6) is 5.75 Å². The summed E-state index contributed by atoms with van der Waals surface area (Å²) in [6, 6.07) is 11.2. The summed E-state index contributed by atoms with van der Waals surface area (Å²) in [6.45, 7) is 0.726. The summed E-state index contributed by atoms with van der Waals surface area (Å²) in [4.78, 5) is 14.9. The van der Waals surface area contributed by atoms with Gasteiger partial charge in [0.1, 0.15) is 5.75 Å². The van der Waals surface area contributed by atoms with Gasteiger partial charge in [-0.05, 0) is 30.0 Å². The van der Waals surface area contributed by atoms with Gasteiger partial charge in [-0.3, -0.25) is 4.79 Å². The second-order valence-electron chi connectivity index (χ2n) is 4.51. The molecule has 106 valence electrons. The van der Waals surface area contributed by atoms with Crippen molar-refractivity contribution in [1.82, 2.24) is 4.90 Å². The second kappa shape index (κ2) is 6.96. The SMILES string of the molecule is CN(CCc1cccs1)C(=O)COc1cccc(N)c1. The van der Waals surface area contributed by atoms with E-state index in [0.29, 0.717) is 18.0 Å². The summed E-state index contributed by atoms with van der Waals surface area (Å²) in [7, 11) is 1.79. The van der Waals surface area contributed by atoms with E-state index in [9.17, 15) is 4.79 Å². The number of hydrogen-bond acceptors (Lipinski definition) is 4. The topological polar surface area (TPSA) is 55.6 Å². The van der Waals surface area contributed by atoms with E-state index in [1.54, 1.807) is 47.5 Å². The minimum atomic E-state index is -0.0380. The summed E-state index contributed by atoms with van der Waals surface area (Å²) in [5.74, 6) is 0.578. The first kappa shape index (κ1) is 14.4. The summed E-state index contributed by atoms with van der Waals surface area (Å²) < 4.78 is 5.44. The van der Waals surface area contributed by atoms with Crippen LogP contribution in [0.2, 0.25) is 0 Å². The van der Waals surface area contributed by atoms with Gasteiger partial charge >= 0.3 is 0 Å².